The van der Waals surface area contributed by atoms with Gasteiger partial charge in [0, 0.05) is 11.8 Å². The molecule has 0 aromatic heterocycles. The molecule has 0 aromatic rings. The van der Waals surface area contributed by atoms with Gasteiger partial charge in [0.15, 0.2) is 0 Å². The molecule has 5 atom stereocenters. The fraction of sp³-hybridized carbons (Fsp3) is 0.737. The van der Waals surface area contributed by atoms with Gasteiger partial charge >= 0.3 is 0 Å². The second kappa shape index (κ2) is 4.08. The quantitative estimate of drug-likeness (QED) is 0.624. The fourth-order valence-electron chi connectivity index (χ4n) is 5.96. The smallest absolute Gasteiger partial charge is 0.139 e. The zero-order valence-electron chi connectivity index (χ0n) is 12.8. The highest BCUT2D eigenvalue weighted by Gasteiger charge is 2.57. The van der Waals surface area contributed by atoms with Gasteiger partial charge in [0.25, 0.3) is 0 Å². The van der Waals surface area contributed by atoms with Crippen LogP contribution in [0.25, 0.3) is 0 Å². The average molecular weight is 270 g/mol. The third-order valence-corrected chi connectivity index (χ3v) is 7.28. The number of carbonyl (C=O) groups excluding carboxylic acids is 1. The molecule has 20 heavy (non-hydrogen) atoms. The van der Waals surface area contributed by atoms with Crippen molar-refractivity contribution < 1.29 is 4.79 Å². The van der Waals surface area contributed by atoms with E-state index in [0.717, 1.165) is 25.2 Å². The summed E-state index contributed by atoms with van der Waals surface area (Å²) in [5.41, 5.74) is 1.99. The molecular formula is C19H26O. The minimum Gasteiger partial charge on any atom is -0.299 e. The number of hydrogen-bond donors (Lipinski definition) is 0. The average Bonchev–Trinajstić information content (AvgIpc) is 2.74. The number of hydrogen-bond acceptors (Lipinski definition) is 1. The molecule has 108 valence electrons. The van der Waals surface area contributed by atoms with E-state index >= 15 is 0 Å². The van der Waals surface area contributed by atoms with Crippen molar-refractivity contribution in [3.8, 4) is 0 Å². The van der Waals surface area contributed by atoms with Crippen LogP contribution in [0.15, 0.2) is 23.8 Å². The topological polar surface area (TPSA) is 17.1 Å². The van der Waals surface area contributed by atoms with Crippen molar-refractivity contribution in [2.75, 3.05) is 0 Å². The number of ketones is 1. The number of rotatable bonds is 0. The molecule has 1 nitrogen and oxygen atoms in total. The first-order valence-corrected chi connectivity index (χ1v) is 8.48. The molecule has 4 rings (SSSR count). The summed E-state index contributed by atoms with van der Waals surface area (Å²) in [6, 6.07) is 0. The van der Waals surface area contributed by atoms with E-state index in [4.69, 9.17) is 0 Å². The maximum atomic E-state index is 12.3. The van der Waals surface area contributed by atoms with Gasteiger partial charge in [-0.2, -0.15) is 0 Å². The first-order chi connectivity index (χ1) is 9.56. The van der Waals surface area contributed by atoms with Crippen molar-refractivity contribution in [1.29, 1.82) is 0 Å². The van der Waals surface area contributed by atoms with E-state index in [9.17, 15) is 4.79 Å². The van der Waals surface area contributed by atoms with Crippen LogP contribution in [0.2, 0.25) is 0 Å². The van der Waals surface area contributed by atoms with Gasteiger partial charge in [-0.25, -0.2) is 0 Å². The van der Waals surface area contributed by atoms with Crippen molar-refractivity contribution in [1.82, 2.24) is 0 Å². The van der Waals surface area contributed by atoms with Crippen LogP contribution in [0, 0.1) is 28.6 Å². The highest BCUT2D eigenvalue weighted by Crippen LogP contribution is 2.62. The maximum absolute atomic E-state index is 12.3. The van der Waals surface area contributed by atoms with Gasteiger partial charge in [0.2, 0.25) is 0 Å². The summed E-state index contributed by atoms with van der Waals surface area (Å²) in [6.07, 6.45) is 15.7. The zero-order chi connectivity index (χ0) is 14.0. The molecule has 0 saturated heterocycles. The summed E-state index contributed by atoms with van der Waals surface area (Å²) in [7, 11) is 0. The summed E-state index contributed by atoms with van der Waals surface area (Å²) in [4.78, 5) is 12.3. The Bertz CT molecular complexity index is 514. The Hall–Kier alpha value is -0.850. The highest BCUT2D eigenvalue weighted by atomic mass is 16.1. The molecule has 0 heterocycles. The predicted octanol–water partition coefficient (Wildman–Crippen LogP) is 4.68. The molecule has 4 aliphatic carbocycles. The molecular weight excluding hydrogens is 244 g/mol. The Kier molecular flexibility index (Phi) is 2.63. The molecule has 0 aromatic carbocycles. The molecule has 0 spiro atoms. The summed E-state index contributed by atoms with van der Waals surface area (Å²) in [6.45, 7) is 4.75. The summed E-state index contributed by atoms with van der Waals surface area (Å²) >= 11 is 0. The lowest BCUT2D eigenvalue weighted by molar-refractivity contribution is -0.130. The van der Waals surface area contributed by atoms with Crippen LogP contribution in [0.4, 0.5) is 0 Å². The van der Waals surface area contributed by atoms with E-state index in [1.54, 1.807) is 5.57 Å². The van der Waals surface area contributed by atoms with E-state index < -0.39 is 0 Å². The minimum absolute atomic E-state index is 0.00223. The summed E-state index contributed by atoms with van der Waals surface area (Å²) in [5.74, 6) is 2.60. The van der Waals surface area contributed by atoms with Crippen LogP contribution in [0.3, 0.4) is 0 Å². The van der Waals surface area contributed by atoms with Crippen molar-refractivity contribution in [2.24, 2.45) is 28.6 Å². The van der Waals surface area contributed by atoms with Gasteiger partial charge in [0.05, 0.1) is 0 Å². The molecule has 0 bridgehead atoms. The van der Waals surface area contributed by atoms with E-state index in [2.05, 4.69) is 32.1 Å². The van der Waals surface area contributed by atoms with Crippen molar-refractivity contribution in [3.63, 3.8) is 0 Å². The highest BCUT2D eigenvalue weighted by molar-refractivity contribution is 5.87. The van der Waals surface area contributed by atoms with Crippen LogP contribution < -0.4 is 0 Å². The van der Waals surface area contributed by atoms with E-state index in [1.807, 2.05) is 0 Å². The molecule has 0 aliphatic heterocycles. The van der Waals surface area contributed by atoms with Gasteiger partial charge in [-0.1, -0.05) is 32.1 Å². The van der Waals surface area contributed by atoms with Crippen molar-refractivity contribution in [2.45, 2.75) is 58.8 Å². The SMILES string of the molecule is C[C@]12CCCC=C1C=C[C@@H]1[C@@H]2CC[C@]2(C)C(=O)CC[C@@H]12. The molecule has 0 amide bonds. The van der Waals surface area contributed by atoms with Gasteiger partial charge in [-0.05, 0) is 67.3 Å². The third-order valence-electron chi connectivity index (χ3n) is 7.28. The largest absolute Gasteiger partial charge is 0.299 e. The Morgan fingerprint density at radius 2 is 1.90 bits per heavy atom. The molecule has 1 heteroatoms. The number of allylic oxidation sites excluding steroid dienone is 4. The molecule has 4 aliphatic rings. The molecule has 2 fully saturated rings. The van der Waals surface area contributed by atoms with Gasteiger partial charge < -0.3 is 0 Å². The Labute approximate surface area is 122 Å². The number of fused-ring (bicyclic) bond motifs is 5. The van der Waals surface area contributed by atoms with Crippen LogP contribution in [0.5, 0.6) is 0 Å². The van der Waals surface area contributed by atoms with E-state index in [1.165, 1.54) is 25.7 Å². The summed E-state index contributed by atoms with van der Waals surface area (Å²) < 4.78 is 0. The van der Waals surface area contributed by atoms with Crippen molar-refractivity contribution in [3.05, 3.63) is 23.8 Å². The fourth-order valence-corrected chi connectivity index (χ4v) is 5.96. The summed E-state index contributed by atoms with van der Waals surface area (Å²) in [5, 5.41) is 0. The third kappa shape index (κ3) is 1.47. The lowest BCUT2D eigenvalue weighted by Crippen LogP contribution is -2.48. The standard InChI is InChI=1S/C19H26O/c1-18-11-4-3-5-13(18)6-7-14-15-8-9-17(20)19(15,2)12-10-16(14)18/h5-7,14-16H,3-4,8-12H2,1-2H3/t14-,15-,16-,18-,19-/m0/s1. The first kappa shape index (κ1) is 12.9. The molecule has 0 unspecified atom stereocenters. The second-order valence-corrected chi connectivity index (χ2v) is 8.04. The molecule has 0 N–H and O–H groups in total. The lowest BCUT2D eigenvalue weighted by Gasteiger charge is -2.54. The maximum Gasteiger partial charge on any atom is 0.139 e. The normalized spacial score (nSPS) is 50.2. The van der Waals surface area contributed by atoms with E-state index in [0.29, 0.717) is 23.0 Å². The first-order valence-electron chi connectivity index (χ1n) is 8.48. The zero-order valence-corrected chi connectivity index (χ0v) is 12.8. The van der Waals surface area contributed by atoms with Crippen LogP contribution in [-0.2, 0) is 4.79 Å². The predicted molar refractivity (Wildman–Crippen MR) is 81.2 cm³/mol. The van der Waals surface area contributed by atoms with Gasteiger partial charge in [-0.3, -0.25) is 4.79 Å². The molecule has 0 radical (unpaired) electrons. The lowest BCUT2D eigenvalue weighted by atomic mass is 9.49. The van der Waals surface area contributed by atoms with Crippen LogP contribution in [0.1, 0.15) is 58.8 Å². The Balaban J connectivity index is 1.76. The number of carbonyl (C=O) groups is 1. The van der Waals surface area contributed by atoms with Crippen LogP contribution in [-0.4, -0.2) is 5.78 Å². The van der Waals surface area contributed by atoms with Gasteiger partial charge in [0.1, 0.15) is 5.78 Å². The molecule has 2 saturated carbocycles. The van der Waals surface area contributed by atoms with E-state index in [-0.39, 0.29) is 5.41 Å². The van der Waals surface area contributed by atoms with Crippen LogP contribution >= 0.6 is 0 Å². The van der Waals surface area contributed by atoms with Gasteiger partial charge in [-0.15, -0.1) is 0 Å². The van der Waals surface area contributed by atoms with Crippen molar-refractivity contribution >= 4 is 5.78 Å². The Morgan fingerprint density at radius 1 is 1.10 bits per heavy atom. The monoisotopic (exact) mass is 270 g/mol. The second-order valence-electron chi connectivity index (χ2n) is 8.04. The Morgan fingerprint density at radius 3 is 2.75 bits per heavy atom. The minimum atomic E-state index is -0.00223. The number of Topliss-reactive ketones (excluding diaryl/α,β-unsaturated/α-hetero) is 1.